The Kier molecular flexibility index (Phi) is 6.58. The van der Waals surface area contributed by atoms with Gasteiger partial charge in [-0.25, -0.2) is 13.4 Å². The van der Waals surface area contributed by atoms with Gasteiger partial charge in [0.05, 0.1) is 11.9 Å². The number of nitrogens with one attached hydrogen (secondary N) is 2. The Morgan fingerprint density at radius 1 is 1.09 bits per heavy atom. The van der Waals surface area contributed by atoms with Crippen LogP contribution in [0.5, 0.6) is 0 Å². The molecular weight excluding hydrogens is 443 g/mol. The number of alkyl halides is 3. The van der Waals surface area contributed by atoms with E-state index < -0.39 is 27.6 Å². The third-order valence-electron chi connectivity index (χ3n) is 4.64. The van der Waals surface area contributed by atoms with Gasteiger partial charge in [0.2, 0.25) is 16.0 Å². The lowest BCUT2D eigenvalue weighted by Crippen LogP contribution is -2.26. The average Bonchev–Trinajstić information content (AvgIpc) is 2.71. The van der Waals surface area contributed by atoms with E-state index in [1.165, 1.54) is 7.05 Å². The minimum absolute atomic E-state index is 0.00980. The maximum atomic E-state index is 13.5. The van der Waals surface area contributed by atoms with Crippen LogP contribution in [0, 0.1) is 6.92 Å². The first-order valence-corrected chi connectivity index (χ1v) is 11.3. The Labute approximate surface area is 184 Å². The van der Waals surface area contributed by atoms with E-state index in [2.05, 4.69) is 20.6 Å². The van der Waals surface area contributed by atoms with E-state index in [0.29, 0.717) is 23.1 Å². The summed E-state index contributed by atoms with van der Waals surface area (Å²) >= 11 is 0. The molecule has 0 bridgehead atoms. The molecule has 0 aliphatic carbocycles. The van der Waals surface area contributed by atoms with Gasteiger partial charge in [0, 0.05) is 25.5 Å². The first kappa shape index (κ1) is 23.3. The van der Waals surface area contributed by atoms with Gasteiger partial charge < -0.3 is 10.6 Å². The van der Waals surface area contributed by atoms with Crippen LogP contribution >= 0.6 is 0 Å². The first-order valence-electron chi connectivity index (χ1n) is 9.49. The van der Waals surface area contributed by atoms with Crippen molar-refractivity contribution < 1.29 is 21.6 Å². The molecule has 0 saturated carbocycles. The molecule has 3 aromatic rings. The second kappa shape index (κ2) is 9.03. The van der Waals surface area contributed by atoms with Crippen LogP contribution in [0.15, 0.2) is 54.7 Å². The molecule has 0 atom stereocenters. The van der Waals surface area contributed by atoms with Gasteiger partial charge >= 0.3 is 6.18 Å². The molecule has 0 spiro atoms. The topological polar surface area (TPSA) is 87.2 Å². The molecule has 11 heteroatoms. The smallest absolute Gasteiger partial charge is 0.365 e. The van der Waals surface area contributed by atoms with E-state index in [-0.39, 0.29) is 12.5 Å². The predicted octanol–water partition coefficient (Wildman–Crippen LogP) is 4.56. The van der Waals surface area contributed by atoms with Crippen LogP contribution in [0.4, 0.5) is 36.3 Å². The van der Waals surface area contributed by atoms with Crippen LogP contribution < -0.4 is 14.9 Å². The molecular formula is C21H22F3N5O2S. The molecule has 0 amide bonds. The summed E-state index contributed by atoms with van der Waals surface area (Å²) in [5, 5.41) is 5.57. The van der Waals surface area contributed by atoms with Gasteiger partial charge in [-0.2, -0.15) is 18.2 Å². The van der Waals surface area contributed by atoms with E-state index in [1.807, 2.05) is 0 Å². The SMILES string of the molecule is Cc1ccc(N(C)S(C)(=O)=O)c(CNc2nc(Nc3ccccc3)ncc2C(F)(F)F)c1. The lowest BCUT2D eigenvalue weighted by Gasteiger charge is -2.22. The summed E-state index contributed by atoms with van der Waals surface area (Å²) in [6.45, 7) is 1.73. The molecule has 2 N–H and O–H groups in total. The Hall–Kier alpha value is -3.34. The highest BCUT2D eigenvalue weighted by Crippen LogP contribution is 2.34. The fraction of sp³-hybridized carbons (Fsp3) is 0.238. The molecule has 1 heterocycles. The molecule has 0 unspecified atom stereocenters. The number of aromatic nitrogens is 2. The molecule has 0 saturated heterocycles. The summed E-state index contributed by atoms with van der Waals surface area (Å²) in [4.78, 5) is 7.79. The Morgan fingerprint density at radius 3 is 2.41 bits per heavy atom. The fourth-order valence-electron chi connectivity index (χ4n) is 2.96. The predicted molar refractivity (Wildman–Crippen MR) is 119 cm³/mol. The summed E-state index contributed by atoms with van der Waals surface area (Å²) < 4.78 is 65.6. The number of benzene rings is 2. The maximum Gasteiger partial charge on any atom is 0.421 e. The van der Waals surface area contributed by atoms with Crippen molar-refractivity contribution in [2.45, 2.75) is 19.6 Å². The molecule has 7 nitrogen and oxygen atoms in total. The number of nitrogens with zero attached hydrogens (tertiary/aromatic N) is 3. The maximum absolute atomic E-state index is 13.5. The quantitative estimate of drug-likeness (QED) is 0.532. The number of aryl methyl sites for hydroxylation is 1. The van der Waals surface area contributed by atoms with Crippen molar-refractivity contribution in [2.24, 2.45) is 0 Å². The summed E-state index contributed by atoms with van der Waals surface area (Å²) in [7, 11) is -2.17. The summed E-state index contributed by atoms with van der Waals surface area (Å²) in [6.07, 6.45) is -2.91. The third kappa shape index (κ3) is 5.67. The van der Waals surface area contributed by atoms with Gasteiger partial charge in [-0.3, -0.25) is 4.31 Å². The molecule has 2 aromatic carbocycles. The molecule has 0 radical (unpaired) electrons. The molecule has 0 aliphatic rings. The molecule has 32 heavy (non-hydrogen) atoms. The monoisotopic (exact) mass is 465 g/mol. The van der Waals surface area contributed by atoms with Crippen molar-refractivity contribution in [1.29, 1.82) is 0 Å². The van der Waals surface area contributed by atoms with Gasteiger partial charge in [-0.15, -0.1) is 0 Å². The second-order valence-corrected chi connectivity index (χ2v) is 9.17. The summed E-state index contributed by atoms with van der Waals surface area (Å²) in [6, 6.07) is 13.9. The van der Waals surface area contributed by atoms with Crippen LogP contribution in [-0.2, 0) is 22.7 Å². The summed E-state index contributed by atoms with van der Waals surface area (Å²) in [5.41, 5.74) is 1.28. The third-order valence-corrected chi connectivity index (χ3v) is 5.83. The zero-order valence-corrected chi connectivity index (χ0v) is 18.4. The standard InChI is InChI=1S/C21H22F3N5O2S/c1-14-9-10-18(29(2)32(3,30)31)15(11-14)12-25-19-17(21(22,23)24)13-26-20(28-19)27-16-7-5-4-6-8-16/h4-11,13H,12H2,1-3H3,(H2,25,26,27,28). The highest BCUT2D eigenvalue weighted by atomic mass is 32.2. The largest absolute Gasteiger partial charge is 0.421 e. The van der Waals surface area contributed by atoms with Gasteiger partial charge in [0.25, 0.3) is 0 Å². The Balaban J connectivity index is 1.94. The van der Waals surface area contributed by atoms with Crippen molar-refractivity contribution in [3.05, 3.63) is 71.4 Å². The number of sulfonamides is 1. The molecule has 1 aromatic heterocycles. The Bertz CT molecular complexity index is 1200. The fourth-order valence-corrected chi connectivity index (χ4v) is 3.49. The van der Waals surface area contributed by atoms with E-state index in [1.54, 1.807) is 55.5 Å². The molecule has 0 aliphatic heterocycles. The number of hydrogen-bond donors (Lipinski definition) is 2. The second-order valence-electron chi connectivity index (χ2n) is 7.16. The van der Waals surface area contributed by atoms with Gasteiger partial charge in [0.15, 0.2) is 0 Å². The van der Waals surface area contributed by atoms with E-state index in [0.717, 1.165) is 16.1 Å². The normalized spacial score (nSPS) is 11.8. The molecule has 0 fully saturated rings. The number of halogens is 3. The van der Waals surface area contributed by atoms with Gasteiger partial charge in [0.1, 0.15) is 11.4 Å². The lowest BCUT2D eigenvalue weighted by atomic mass is 10.1. The van der Waals surface area contributed by atoms with Crippen LogP contribution in [0.3, 0.4) is 0 Å². The molecule has 170 valence electrons. The first-order chi connectivity index (χ1) is 14.9. The van der Waals surface area contributed by atoms with Crippen LogP contribution in [0.2, 0.25) is 0 Å². The zero-order chi connectivity index (χ0) is 23.5. The van der Waals surface area contributed by atoms with Crippen molar-refractivity contribution in [3.63, 3.8) is 0 Å². The van der Waals surface area contributed by atoms with Crippen molar-refractivity contribution >= 4 is 33.2 Å². The number of rotatable bonds is 7. The van der Waals surface area contributed by atoms with Crippen molar-refractivity contribution in [3.8, 4) is 0 Å². The highest BCUT2D eigenvalue weighted by molar-refractivity contribution is 7.92. The van der Waals surface area contributed by atoms with E-state index in [9.17, 15) is 21.6 Å². The number of para-hydroxylation sites is 1. The minimum atomic E-state index is -4.67. The minimum Gasteiger partial charge on any atom is -0.365 e. The number of anilines is 4. The lowest BCUT2D eigenvalue weighted by molar-refractivity contribution is -0.137. The van der Waals surface area contributed by atoms with Gasteiger partial charge in [-0.1, -0.05) is 35.9 Å². The van der Waals surface area contributed by atoms with Gasteiger partial charge in [-0.05, 0) is 30.7 Å². The zero-order valence-electron chi connectivity index (χ0n) is 17.6. The van der Waals surface area contributed by atoms with E-state index >= 15 is 0 Å². The molecule has 3 rings (SSSR count). The van der Waals surface area contributed by atoms with Crippen LogP contribution in [-0.4, -0.2) is 31.7 Å². The van der Waals surface area contributed by atoms with E-state index in [4.69, 9.17) is 0 Å². The van der Waals surface area contributed by atoms with Crippen molar-refractivity contribution in [2.75, 3.05) is 28.2 Å². The van der Waals surface area contributed by atoms with Crippen LogP contribution in [0.1, 0.15) is 16.7 Å². The average molecular weight is 466 g/mol. The summed E-state index contributed by atoms with van der Waals surface area (Å²) in [5.74, 6) is -0.426. The number of hydrogen-bond acceptors (Lipinski definition) is 6. The van der Waals surface area contributed by atoms with Crippen molar-refractivity contribution in [1.82, 2.24) is 9.97 Å². The highest BCUT2D eigenvalue weighted by Gasteiger charge is 2.35. The Morgan fingerprint density at radius 2 is 1.78 bits per heavy atom. The van der Waals surface area contributed by atoms with Crippen LogP contribution in [0.25, 0.3) is 0 Å².